The van der Waals surface area contributed by atoms with Crippen LogP contribution in [-0.4, -0.2) is 36.4 Å². The minimum atomic E-state index is -0.435. The Hall–Kier alpha value is -0.610. The summed E-state index contributed by atoms with van der Waals surface area (Å²) in [6, 6.07) is -0.209. The minimum Gasteiger partial charge on any atom is -0.394 e. The van der Waals surface area contributed by atoms with Crippen molar-refractivity contribution >= 4 is 5.91 Å². The largest absolute Gasteiger partial charge is 0.394 e. The fraction of sp³-hybridized carbons (Fsp3) is 0.900. The van der Waals surface area contributed by atoms with Gasteiger partial charge in [-0.05, 0) is 20.3 Å². The third-order valence-corrected chi connectivity index (χ3v) is 1.90. The van der Waals surface area contributed by atoms with Crippen LogP contribution in [0, 0.1) is 0 Å². The molecule has 0 aromatic heterocycles. The molecule has 0 spiro atoms. The molecule has 0 aromatic rings. The quantitative estimate of drug-likeness (QED) is 0.598. The van der Waals surface area contributed by atoms with Crippen molar-refractivity contribution in [2.75, 3.05) is 13.2 Å². The van der Waals surface area contributed by atoms with Crippen molar-refractivity contribution < 1.29 is 14.6 Å². The van der Waals surface area contributed by atoms with E-state index in [1.54, 1.807) is 13.8 Å². The van der Waals surface area contributed by atoms with Gasteiger partial charge in [-0.2, -0.15) is 0 Å². The van der Waals surface area contributed by atoms with Gasteiger partial charge in [0.15, 0.2) is 0 Å². The summed E-state index contributed by atoms with van der Waals surface area (Å²) in [5.74, 6) is -0.164. The minimum absolute atomic E-state index is 0.0482. The standard InChI is InChI=1S/C10H21NO3/c1-4-5-6-14-9(3)10(13)11-8(2)7-12/h8-9,12H,4-7H2,1-3H3,(H,11,13). The van der Waals surface area contributed by atoms with E-state index in [2.05, 4.69) is 12.2 Å². The Morgan fingerprint density at radius 3 is 2.64 bits per heavy atom. The molecule has 0 aliphatic carbocycles. The van der Waals surface area contributed by atoms with Gasteiger partial charge in [-0.3, -0.25) is 4.79 Å². The van der Waals surface area contributed by atoms with Gasteiger partial charge in [0.2, 0.25) is 5.91 Å². The summed E-state index contributed by atoms with van der Waals surface area (Å²) in [6.45, 7) is 6.10. The molecule has 0 heterocycles. The second-order valence-corrected chi connectivity index (χ2v) is 3.46. The van der Waals surface area contributed by atoms with E-state index in [0.717, 1.165) is 12.8 Å². The van der Waals surface area contributed by atoms with Crippen molar-refractivity contribution in [1.82, 2.24) is 5.32 Å². The van der Waals surface area contributed by atoms with Crippen molar-refractivity contribution in [2.45, 2.75) is 45.8 Å². The molecule has 14 heavy (non-hydrogen) atoms. The highest BCUT2D eigenvalue weighted by Crippen LogP contribution is 1.95. The number of amides is 1. The summed E-state index contributed by atoms with van der Waals surface area (Å²) in [4.78, 5) is 11.4. The number of carbonyl (C=O) groups excluding carboxylic acids is 1. The molecular weight excluding hydrogens is 182 g/mol. The molecule has 0 rings (SSSR count). The summed E-state index contributed by atoms with van der Waals surface area (Å²) in [6.07, 6.45) is 1.59. The highest BCUT2D eigenvalue weighted by Gasteiger charge is 2.14. The molecule has 2 N–H and O–H groups in total. The topological polar surface area (TPSA) is 58.6 Å². The fourth-order valence-electron chi connectivity index (χ4n) is 0.886. The molecule has 4 nitrogen and oxygen atoms in total. The van der Waals surface area contributed by atoms with Crippen molar-refractivity contribution in [3.63, 3.8) is 0 Å². The number of rotatable bonds is 7. The summed E-state index contributed by atoms with van der Waals surface area (Å²) in [7, 11) is 0. The van der Waals surface area contributed by atoms with Gasteiger partial charge in [-0.25, -0.2) is 0 Å². The van der Waals surface area contributed by atoms with Crippen LogP contribution < -0.4 is 5.32 Å². The Kier molecular flexibility index (Phi) is 7.42. The normalized spacial score (nSPS) is 14.9. The third-order valence-electron chi connectivity index (χ3n) is 1.90. The second-order valence-electron chi connectivity index (χ2n) is 3.46. The highest BCUT2D eigenvalue weighted by molar-refractivity contribution is 5.80. The van der Waals surface area contributed by atoms with Crippen molar-refractivity contribution in [3.8, 4) is 0 Å². The zero-order chi connectivity index (χ0) is 11.0. The molecule has 84 valence electrons. The molecule has 0 bridgehead atoms. The molecule has 0 saturated carbocycles. The van der Waals surface area contributed by atoms with E-state index in [9.17, 15) is 4.79 Å². The van der Waals surface area contributed by atoms with E-state index in [-0.39, 0.29) is 18.6 Å². The number of hydrogen-bond acceptors (Lipinski definition) is 3. The van der Waals surface area contributed by atoms with E-state index < -0.39 is 6.10 Å². The van der Waals surface area contributed by atoms with E-state index >= 15 is 0 Å². The number of ether oxygens (including phenoxy) is 1. The van der Waals surface area contributed by atoms with Gasteiger partial charge in [0.1, 0.15) is 6.10 Å². The first-order valence-electron chi connectivity index (χ1n) is 5.14. The van der Waals surface area contributed by atoms with Gasteiger partial charge >= 0.3 is 0 Å². The lowest BCUT2D eigenvalue weighted by Gasteiger charge is -2.16. The molecule has 0 radical (unpaired) electrons. The average Bonchev–Trinajstić information content (AvgIpc) is 2.17. The van der Waals surface area contributed by atoms with Crippen LogP contribution in [0.25, 0.3) is 0 Å². The van der Waals surface area contributed by atoms with Gasteiger partial charge in [0.25, 0.3) is 0 Å². The van der Waals surface area contributed by atoms with Crippen LogP contribution in [0.15, 0.2) is 0 Å². The molecule has 4 heteroatoms. The lowest BCUT2D eigenvalue weighted by molar-refractivity contribution is -0.132. The maximum absolute atomic E-state index is 11.4. The number of aliphatic hydroxyl groups excluding tert-OH is 1. The molecule has 0 aromatic carbocycles. The Labute approximate surface area is 85.6 Å². The Balaban J connectivity index is 3.64. The van der Waals surface area contributed by atoms with Crippen molar-refractivity contribution in [2.24, 2.45) is 0 Å². The first-order chi connectivity index (χ1) is 6.61. The Morgan fingerprint density at radius 2 is 2.14 bits per heavy atom. The third kappa shape index (κ3) is 5.94. The lowest BCUT2D eigenvalue weighted by atomic mass is 10.3. The Bertz CT molecular complexity index is 161. The van der Waals surface area contributed by atoms with Gasteiger partial charge in [0.05, 0.1) is 6.61 Å². The van der Waals surface area contributed by atoms with Gasteiger partial charge < -0.3 is 15.2 Å². The van der Waals surface area contributed by atoms with Crippen molar-refractivity contribution in [3.05, 3.63) is 0 Å². The number of unbranched alkanes of at least 4 members (excludes halogenated alkanes) is 1. The second kappa shape index (κ2) is 7.76. The monoisotopic (exact) mass is 203 g/mol. The molecule has 0 fully saturated rings. The fourth-order valence-corrected chi connectivity index (χ4v) is 0.886. The first kappa shape index (κ1) is 13.4. The van der Waals surface area contributed by atoms with Crippen LogP contribution in [0.4, 0.5) is 0 Å². The number of carbonyl (C=O) groups is 1. The van der Waals surface area contributed by atoms with Crippen LogP contribution >= 0.6 is 0 Å². The van der Waals surface area contributed by atoms with E-state index in [1.807, 2.05) is 0 Å². The molecule has 2 unspecified atom stereocenters. The summed E-state index contributed by atoms with van der Waals surface area (Å²) >= 11 is 0. The molecule has 2 atom stereocenters. The molecular formula is C10H21NO3. The van der Waals surface area contributed by atoms with Gasteiger partial charge in [-0.1, -0.05) is 13.3 Å². The maximum atomic E-state index is 11.4. The predicted molar refractivity (Wildman–Crippen MR) is 55.0 cm³/mol. The molecule has 0 aliphatic heterocycles. The SMILES string of the molecule is CCCCOC(C)C(=O)NC(C)CO. The number of nitrogens with one attached hydrogen (secondary N) is 1. The van der Waals surface area contributed by atoms with E-state index in [0.29, 0.717) is 6.61 Å². The van der Waals surface area contributed by atoms with Crippen molar-refractivity contribution in [1.29, 1.82) is 0 Å². The zero-order valence-corrected chi connectivity index (χ0v) is 9.25. The number of hydrogen-bond donors (Lipinski definition) is 2. The van der Waals surface area contributed by atoms with Crippen LogP contribution in [0.1, 0.15) is 33.6 Å². The van der Waals surface area contributed by atoms with Crippen LogP contribution in [-0.2, 0) is 9.53 Å². The summed E-state index contributed by atoms with van der Waals surface area (Å²) in [5, 5.41) is 11.4. The van der Waals surface area contributed by atoms with Gasteiger partial charge in [-0.15, -0.1) is 0 Å². The lowest BCUT2D eigenvalue weighted by Crippen LogP contribution is -2.41. The zero-order valence-electron chi connectivity index (χ0n) is 9.25. The van der Waals surface area contributed by atoms with Crippen LogP contribution in [0.2, 0.25) is 0 Å². The molecule has 0 saturated heterocycles. The predicted octanol–water partition coefficient (Wildman–Crippen LogP) is 0.689. The van der Waals surface area contributed by atoms with E-state index in [1.165, 1.54) is 0 Å². The average molecular weight is 203 g/mol. The summed E-state index contributed by atoms with van der Waals surface area (Å²) < 4.78 is 5.30. The molecule has 1 amide bonds. The highest BCUT2D eigenvalue weighted by atomic mass is 16.5. The van der Waals surface area contributed by atoms with Gasteiger partial charge in [0, 0.05) is 12.6 Å². The van der Waals surface area contributed by atoms with Crippen LogP contribution in [0.5, 0.6) is 0 Å². The first-order valence-corrected chi connectivity index (χ1v) is 5.14. The molecule has 0 aliphatic rings. The summed E-state index contributed by atoms with van der Waals surface area (Å²) in [5.41, 5.74) is 0. The smallest absolute Gasteiger partial charge is 0.249 e. The van der Waals surface area contributed by atoms with E-state index in [4.69, 9.17) is 9.84 Å². The Morgan fingerprint density at radius 1 is 1.50 bits per heavy atom. The van der Waals surface area contributed by atoms with Crippen LogP contribution in [0.3, 0.4) is 0 Å². The number of aliphatic hydroxyl groups is 1. The maximum Gasteiger partial charge on any atom is 0.249 e.